The predicted molar refractivity (Wildman–Crippen MR) is 337 cm³/mol. The van der Waals surface area contributed by atoms with Crippen LogP contribution in [-0.4, -0.2) is 220 Å². The predicted octanol–water partition coefficient (Wildman–Crippen LogP) is 2.13. The Morgan fingerprint density at radius 3 is 1.81 bits per heavy atom. The number of hydrogen-bond donors (Lipinski definition) is 12. The number of nitrogens with one attached hydrogen (secondary N) is 7. The molecular weight excluding hydrogens is 1180 g/mol. The first-order valence-corrected chi connectivity index (χ1v) is 32.5. The summed E-state index contributed by atoms with van der Waals surface area (Å²) < 4.78 is 11.5. The van der Waals surface area contributed by atoms with Gasteiger partial charge in [-0.2, -0.15) is 0 Å². The number of aliphatic hydroxyl groups is 1. The first kappa shape index (κ1) is 81.3. The number of amides is 8. The number of aliphatic carboxylic acids is 3. The summed E-state index contributed by atoms with van der Waals surface area (Å²) in [4.78, 5) is 151. The number of aliphatic hydroxyl groups excluding tert-OH is 1. The van der Waals surface area contributed by atoms with Crippen LogP contribution in [0.15, 0.2) is 0 Å². The maximum atomic E-state index is 14.6. The van der Waals surface area contributed by atoms with Gasteiger partial charge in [0.1, 0.15) is 30.2 Å². The number of hydrogen-bond acceptors (Lipinski definition) is 17. The van der Waals surface area contributed by atoms with Crippen molar-refractivity contribution in [3.63, 3.8) is 0 Å². The van der Waals surface area contributed by atoms with E-state index in [1.807, 2.05) is 55.4 Å². The summed E-state index contributed by atoms with van der Waals surface area (Å²) in [5.74, 6) is -11.8. The number of thioether (sulfide) groups is 1. The van der Waals surface area contributed by atoms with Crippen LogP contribution in [0, 0.1) is 23.7 Å². The van der Waals surface area contributed by atoms with E-state index in [0.29, 0.717) is 32.1 Å². The van der Waals surface area contributed by atoms with E-state index >= 15 is 0 Å². The summed E-state index contributed by atoms with van der Waals surface area (Å²) in [6, 6.07) is -9.63. The minimum atomic E-state index is -1.91. The Balaban J connectivity index is 3.35. The van der Waals surface area contributed by atoms with Gasteiger partial charge in [0.15, 0.2) is 0 Å². The topological polar surface area (TPSA) is 404 Å². The molecular formula is C61H110N10O17S. The summed E-state index contributed by atoms with van der Waals surface area (Å²) in [5.41, 5.74) is 5.81. The molecule has 1 saturated heterocycles. The molecule has 8 amide bonds. The number of likely N-dealkylation sites (tertiary alicyclic amines) is 1. The highest BCUT2D eigenvalue weighted by Gasteiger charge is 2.45. The van der Waals surface area contributed by atoms with Gasteiger partial charge in [-0.1, -0.05) is 108 Å². The second-order valence-electron chi connectivity index (χ2n) is 24.3. The van der Waals surface area contributed by atoms with Crippen molar-refractivity contribution < 1.29 is 82.6 Å². The van der Waals surface area contributed by atoms with Gasteiger partial charge in [-0.25, -0.2) is 4.79 Å². The second-order valence-corrected chi connectivity index (χ2v) is 26.1. The monoisotopic (exact) mass is 1290 g/mol. The Morgan fingerprint density at radius 2 is 1.30 bits per heavy atom. The molecule has 1 rings (SSSR count). The molecule has 27 nitrogen and oxygen atoms in total. The highest BCUT2D eigenvalue weighted by atomic mass is 32.2. The largest absolute Gasteiger partial charge is 0.481 e. The third-order valence-electron chi connectivity index (χ3n) is 17.1. The molecule has 16 unspecified atom stereocenters. The van der Waals surface area contributed by atoms with Crippen molar-refractivity contribution in [1.29, 1.82) is 0 Å². The SMILES string of the molecule is CCCCCCC(C)C(NC)C(=O)NC(C(=O)N(C)C(C(C)CC)C(CC(=O)N1CCCC1C(OC)C(C)C(=O)NC(C(=O)NC(CCC(=O)O)C(=O)NC(CNC(=O)C(CN)NC(=O)C(CC(=O)O)SC(C)(CC)CCC)C(=O)O)C(C)O)OC)C(C)C. The van der Waals surface area contributed by atoms with Gasteiger partial charge >= 0.3 is 17.9 Å². The average Bonchev–Trinajstić information content (AvgIpc) is 3.50. The molecule has 28 heteroatoms. The normalized spacial score (nSPS) is 18.7. The summed E-state index contributed by atoms with van der Waals surface area (Å²) in [6.45, 7) is 19.2. The molecule has 1 aliphatic heterocycles. The zero-order valence-electron chi connectivity index (χ0n) is 55.4. The van der Waals surface area contributed by atoms with E-state index in [4.69, 9.17) is 15.2 Å². The molecule has 0 spiro atoms. The first-order chi connectivity index (χ1) is 41.8. The van der Waals surface area contributed by atoms with Crippen LogP contribution in [0.1, 0.15) is 172 Å². The molecule has 1 heterocycles. The van der Waals surface area contributed by atoms with Crippen LogP contribution in [0.5, 0.6) is 0 Å². The summed E-state index contributed by atoms with van der Waals surface area (Å²) in [5, 5.41) is 56.9. The van der Waals surface area contributed by atoms with Gasteiger partial charge in [-0.05, 0) is 70.3 Å². The van der Waals surface area contributed by atoms with Gasteiger partial charge in [-0.15, -0.1) is 11.8 Å². The maximum Gasteiger partial charge on any atom is 0.328 e. The minimum Gasteiger partial charge on any atom is -0.481 e. The fourth-order valence-electron chi connectivity index (χ4n) is 11.3. The number of ether oxygens (including phenoxy) is 2. The van der Waals surface area contributed by atoms with Crippen LogP contribution < -0.4 is 43.0 Å². The maximum absolute atomic E-state index is 14.6. The summed E-state index contributed by atoms with van der Waals surface area (Å²) in [7, 11) is 6.21. The van der Waals surface area contributed by atoms with Crippen LogP contribution in [0.4, 0.5) is 0 Å². The molecule has 1 aliphatic rings. The van der Waals surface area contributed by atoms with Crippen LogP contribution >= 0.6 is 11.8 Å². The molecule has 89 heavy (non-hydrogen) atoms. The quantitative estimate of drug-likeness (QED) is 0.0389. The fourth-order valence-corrected chi connectivity index (χ4v) is 12.9. The number of carbonyl (C=O) groups is 11. The van der Waals surface area contributed by atoms with Gasteiger partial charge in [0, 0.05) is 52.1 Å². The lowest BCUT2D eigenvalue weighted by Crippen LogP contribution is -2.61. The molecule has 0 saturated carbocycles. The molecule has 0 aromatic carbocycles. The highest BCUT2D eigenvalue weighted by molar-refractivity contribution is 8.01. The standard InChI is InChI=1S/C61H110N10O17S/c1-16-20-21-22-24-36(8)49(63-12)57(82)68-48(34(5)6)59(84)70(13)51(35(7)18-3)43(87-14)30-45(73)71-29-23-25-42(71)52(88-15)37(9)53(78)69-50(38(10)72)58(83)65-39(26-27-46(74)75)55(80)67-41(60(85)86)33-64-54(79)40(32-62)66-56(81)44(31-47(76)77)89-61(11,19-4)28-17-2/h34-44,48-52,63,72H,16-33,62H2,1-15H3,(H,64,79)(H,65,83)(H,66,81)(H,67,80)(H,68,82)(H,69,78)(H,74,75)(H,76,77)(H,85,86). The number of carboxylic acid groups (broad SMARTS) is 3. The van der Waals surface area contributed by atoms with Gasteiger partial charge < -0.3 is 82.7 Å². The van der Waals surface area contributed by atoms with Crippen molar-refractivity contribution in [1.82, 2.24) is 47.0 Å². The Kier molecular flexibility index (Phi) is 37.4. The second kappa shape index (κ2) is 40.9. The average molecular weight is 1290 g/mol. The molecule has 13 N–H and O–H groups in total. The van der Waals surface area contributed by atoms with Crippen LogP contribution in [0.3, 0.4) is 0 Å². The van der Waals surface area contributed by atoms with Gasteiger partial charge in [0.25, 0.3) is 0 Å². The van der Waals surface area contributed by atoms with Crippen molar-refractivity contribution in [3.05, 3.63) is 0 Å². The van der Waals surface area contributed by atoms with E-state index < -0.39 is 162 Å². The third kappa shape index (κ3) is 26.2. The number of methoxy groups -OCH3 is 2. The molecule has 1 fully saturated rings. The van der Waals surface area contributed by atoms with Gasteiger partial charge in [-0.3, -0.25) is 47.9 Å². The number of carbonyl (C=O) groups excluding carboxylic acids is 8. The van der Waals surface area contributed by atoms with Gasteiger partial charge in [0.05, 0.1) is 60.4 Å². The molecule has 16 atom stereocenters. The Hall–Kier alpha value is -5.68. The van der Waals surface area contributed by atoms with E-state index in [9.17, 15) is 73.2 Å². The van der Waals surface area contributed by atoms with E-state index in [1.54, 1.807) is 23.9 Å². The Bertz CT molecular complexity index is 2300. The summed E-state index contributed by atoms with van der Waals surface area (Å²) >= 11 is 1.15. The molecule has 0 aliphatic carbocycles. The smallest absolute Gasteiger partial charge is 0.328 e. The fraction of sp³-hybridized carbons (Fsp3) is 0.820. The highest BCUT2D eigenvalue weighted by Crippen LogP contribution is 2.38. The van der Waals surface area contributed by atoms with Gasteiger partial charge in [0.2, 0.25) is 47.3 Å². The lowest BCUT2D eigenvalue weighted by Gasteiger charge is -2.41. The molecule has 0 aromatic rings. The molecule has 0 aromatic heterocycles. The number of nitrogens with two attached hydrogens (primary N) is 1. The van der Waals surface area contributed by atoms with E-state index in [2.05, 4.69) is 44.1 Å². The number of unbranched alkanes of at least 4 members (excludes halogenated alkanes) is 3. The zero-order chi connectivity index (χ0) is 68.0. The van der Waals surface area contributed by atoms with Crippen molar-refractivity contribution in [2.75, 3.05) is 47.9 Å². The number of carboxylic acids is 3. The van der Waals surface area contributed by atoms with Crippen molar-refractivity contribution >= 4 is 76.9 Å². The zero-order valence-corrected chi connectivity index (χ0v) is 56.3. The Morgan fingerprint density at radius 1 is 0.697 bits per heavy atom. The van der Waals surface area contributed by atoms with E-state index in [0.717, 1.165) is 50.3 Å². The molecule has 0 radical (unpaired) electrons. The van der Waals surface area contributed by atoms with E-state index in [1.165, 1.54) is 28.1 Å². The lowest BCUT2D eigenvalue weighted by atomic mass is 9.89. The Labute approximate surface area is 531 Å². The summed E-state index contributed by atoms with van der Waals surface area (Å²) in [6.07, 6.45) is 3.24. The van der Waals surface area contributed by atoms with Crippen molar-refractivity contribution in [3.8, 4) is 0 Å². The number of rotatable bonds is 45. The first-order valence-electron chi connectivity index (χ1n) is 31.6. The van der Waals surface area contributed by atoms with Crippen molar-refractivity contribution in [2.45, 2.75) is 249 Å². The van der Waals surface area contributed by atoms with Crippen LogP contribution in [-0.2, 0) is 62.2 Å². The minimum absolute atomic E-state index is 0.0168. The number of likely N-dealkylation sites (N-methyl/N-ethyl adjacent to an activating group) is 2. The third-order valence-corrected chi connectivity index (χ3v) is 18.8. The van der Waals surface area contributed by atoms with Crippen molar-refractivity contribution in [2.24, 2.45) is 29.4 Å². The van der Waals surface area contributed by atoms with Crippen LogP contribution in [0.2, 0.25) is 0 Å². The van der Waals surface area contributed by atoms with E-state index in [-0.39, 0.29) is 48.4 Å². The lowest BCUT2D eigenvalue weighted by molar-refractivity contribution is -0.148. The molecule has 0 bridgehead atoms. The molecule has 512 valence electrons. The van der Waals surface area contributed by atoms with Crippen LogP contribution in [0.25, 0.3) is 0 Å². The number of nitrogens with zero attached hydrogens (tertiary/aromatic N) is 2.